The van der Waals surface area contributed by atoms with Gasteiger partial charge in [0.2, 0.25) is 0 Å². The van der Waals surface area contributed by atoms with Gasteiger partial charge in [0.25, 0.3) is 0 Å². The summed E-state index contributed by atoms with van der Waals surface area (Å²) in [4.78, 5) is 20.5. The Morgan fingerprint density at radius 3 is 2.83 bits per heavy atom. The Kier molecular flexibility index (Phi) is 3.57. The standard InChI is InChI=1S/C12H13N3O2S/c1-7-3-4-10(12(16)17)11(15-7)14-6-9-5-13-8(2)18-9/h3-5H,6H2,1-2H3,(H,14,15)(H,16,17). The van der Waals surface area contributed by atoms with Crippen molar-refractivity contribution < 1.29 is 9.90 Å². The second kappa shape index (κ2) is 5.14. The average molecular weight is 263 g/mol. The lowest BCUT2D eigenvalue weighted by Gasteiger charge is -2.08. The van der Waals surface area contributed by atoms with E-state index in [2.05, 4.69) is 15.3 Å². The summed E-state index contributed by atoms with van der Waals surface area (Å²) in [5.41, 5.74) is 0.963. The molecule has 5 nitrogen and oxygen atoms in total. The Labute approximate surface area is 109 Å². The van der Waals surface area contributed by atoms with E-state index in [1.165, 1.54) is 0 Å². The van der Waals surface area contributed by atoms with Gasteiger partial charge >= 0.3 is 5.97 Å². The van der Waals surface area contributed by atoms with Crippen LogP contribution in [0.25, 0.3) is 0 Å². The minimum absolute atomic E-state index is 0.182. The van der Waals surface area contributed by atoms with Crippen LogP contribution in [0.2, 0.25) is 0 Å². The second-order valence-corrected chi connectivity index (χ2v) is 5.17. The number of rotatable bonds is 4. The van der Waals surface area contributed by atoms with Gasteiger partial charge in [-0.2, -0.15) is 0 Å². The third-order valence-corrected chi connectivity index (χ3v) is 3.28. The molecule has 0 radical (unpaired) electrons. The number of carboxylic acid groups (broad SMARTS) is 1. The highest BCUT2D eigenvalue weighted by molar-refractivity contribution is 7.11. The van der Waals surface area contributed by atoms with Crippen molar-refractivity contribution in [1.82, 2.24) is 9.97 Å². The number of pyridine rings is 1. The molecule has 0 aliphatic heterocycles. The lowest BCUT2D eigenvalue weighted by molar-refractivity contribution is 0.0697. The Bertz CT molecular complexity index is 580. The van der Waals surface area contributed by atoms with Crippen LogP contribution < -0.4 is 5.32 Å². The van der Waals surface area contributed by atoms with E-state index >= 15 is 0 Å². The van der Waals surface area contributed by atoms with Crippen molar-refractivity contribution in [3.8, 4) is 0 Å². The molecule has 0 spiro atoms. The van der Waals surface area contributed by atoms with Gasteiger partial charge in [-0.05, 0) is 26.0 Å². The highest BCUT2D eigenvalue weighted by Gasteiger charge is 2.11. The molecule has 94 valence electrons. The molecule has 0 aromatic carbocycles. The molecule has 0 saturated heterocycles. The number of hydrogen-bond acceptors (Lipinski definition) is 5. The van der Waals surface area contributed by atoms with Gasteiger partial charge in [0, 0.05) is 16.8 Å². The second-order valence-electron chi connectivity index (χ2n) is 3.85. The molecule has 0 unspecified atom stereocenters. The number of carboxylic acids is 1. The molecule has 2 N–H and O–H groups in total. The van der Waals surface area contributed by atoms with Crippen LogP contribution in [0.1, 0.15) is 25.9 Å². The first-order valence-electron chi connectivity index (χ1n) is 5.42. The Balaban J connectivity index is 2.17. The summed E-state index contributed by atoms with van der Waals surface area (Å²) < 4.78 is 0. The molecule has 0 aliphatic carbocycles. The van der Waals surface area contributed by atoms with Crippen LogP contribution in [-0.4, -0.2) is 21.0 Å². The molecule has 2 aromatic heterocycles. The molecule has 2 rings (SSSR count). The van der Waals surface area contributed by atoms with Crippen LogP contribution in [0, 0.1) is 13.8 Å². The fourth-order valence-electron chi connectivity index (χ4n) is 1.52. The summed E-state index contributed by atoms with van der Waals surface area (Å²) in [5, 5.41) is 13.1. The Morgan fingerprint density at radius 1 is 1.44 bits per heavy atom. The normalized spacial score (nSPS) is 10.3. The van der Waals surface area contributed by atoms with E-state index in [1.54, 1.807) is 29.7 Å². The van der Waals surface area contributed by atoms with Gasteiger partial charge in [-0.3, -0.25) is 0 Å². The Morgan fingerprint density at radius 2 is 2.22 bits per heavy atom. The number of carbonyl (C=O) groups is 1. The van der Waals surface area contributed by atoms with E-state index in [0.717, 1.165) is 15.6 Å². The monoisotopic (exact) mass is 263 g/mol. The predicted molar refractivity (Wildman–Crippen MR) is 70.1 cm³/mol. The minimum Gasteiger partial charge on any atom is -0.478 e. The Hall–Kier alpha value is -1.95. The minimum atomic E-state index is -0.981. The lowest BCUT2D eigenvalue weighted by atomic mass is 10.2. The highest BCUT2D eigenvalue weighted by atomic mass is 32.1. The number of aromatic carboxylic acids is 1. The molecule has 0 amide bonds. The first-order valence-corrected chi connectivity index (χ1v) is 6.24. The molecular formula is C12H13N3O2S. The van der Waals surface area contributed by atoms with Crippen molar-refractivity contribution in [2.75, 3.05) is 5.32 Å². The van der Waals surface area contributed by atoms with Gasteiger partial charge in [0.05, 0.1) is 11.6 Å². The van der Waals surface area contributed by atoms with Gasteiger partial charge < -0.3 is 10.4 Å². The smallest absolute Gasteiger partial charge is 0.339 e. The van der Waals surface area contributed by atoms with Crippen molar-refractivity contribution >= 4 is 23.1 Å². The van der Waals surface area contributed by atoms with Crippen LogP contribution in [0.5, 0.6) is 0 Å². The van der Waals surface area contributed by atoms with E-state index in [9.17, 15) is 4.79 Å². The number of hydrogen-bond donors (Lipinski definition) is 2. The maximum Gasteiger partial charge on any atom is 0.339 e. The van der Waals surface area contributed by atoms with Crippen molar-refractivity contribution in [2.45, 2.75) is 20.4 Å². The molecule has 0 aliphatic rings. The van der Waals surface area contributed by atoms with Gasteiger partial charge in [-0.1, -0.05) is 0 Å². The molecule has 2 heterocycles. The van der Waals surface area contributed by atoms with Crippen LogP contribution in [0.4, 0.5) is 5.82 Å². The zero-order valence-corrected chi connectivity index (χ0v) is 10.9. The van der Waals surface area contributed by atoms with Crippen LogP contribution >= 0.6 is 11.3 Å². The van der Waals surface area contributed by atoms with Gasteiger partial charge in [-0.15, -0.1) is 11.3 Å². The third-order valence-electron chi connectivity index (χ3n) is 2.36. The first-order chi connectivity index (χ1) is 8.56. The molecule has 2 aromatic rings. The topological polar surface area (TPSA) is 75.1 Å². The number of anilines is 1. The number of nitrogens with one attached hydrogen (secondary N) is 1. The molecule has 0 saturated carbocycles. The van der Waals surface area contributed by atoms with E-state index in [0.29, 0.717) is 12.4 Å². The van der Waals surface area contributed by atoms with Crippen molar-refractivity contribution in [3.05, 3.63) is 39.5 Å². The summed E-state index contributed by atoms with van der Waals surface area (Å²) in [5.74, 6) is -0.584. The fourth-order valence-corrected chi connectivity index (χ4v) is 2.26. The van der Waals surface area contributed by atoms with Gasteiger partial charge in [0.15, 0.2) is 0 Å². The van der Waals surface area contributed by atoms with Crippen LogP contribution in [0.3, 0.4) is 0 Å². The summed E-state index contributed by atoms with van der Waals surface area (Å²) in [6.07, 6.45) is 1.78. The highest BCUT2D eigenvalue weighted by Crippen LogP contribution is 2.17. The lowest BCUT2D eigenvalue weighted by Crippen LogP contribution is -2.08. The van der Waals surface area contributed by atoms with Gasteiger partial charge in [-0.25, -0.2) is 14.8 Å². The van der Waals surface area contributed by atoms with E-state index < -0.39 is 5.97 Å². The molecule has 6 heteroatoms. The van der Waals surface area contributed by atoms with Crippen LogP contribution in [0.15, 0.2) is 18.3 Å². The predicted octanol–water partition coefficient (Wildman–Crippen LogP) is 2.47. The van der Waals surface area contributed by atoms with E-state index in [-0.39, 0.29) is 5.56 Å². The summed E-state index contributed by atoms with van der Waals surface area (Å²) in [6.45, 7) is 4.29. The van der Waals surface area contributed by atoms with Crippen LogP contribution in [-0.2, 0) is 6.54 Å². The zero-order chi connectivity index (χ0) is 13.1. The largest absolute Gasteiger partial charge is 0.478 e. The number of thiazole rings is 1. The van der Waals surface area contributed by atoms with E-state index in [1.807, 2.05) is 13.8 Å². The quantitative estimate of drug-likeness (QED) is 0.886. The zero-order valence-electron chi connectivity index (χ0n) is 10.1. The molecule has 18 heavy (non-hydrogen) atoms. The molecule has 0 fully saturated rings. The number of aromatic nitrogens is 2. The number of aryl methyl sites for hydroxylation is 2. The number of nitrogens with zero attached hydrogens (tertiary/aromatic N) is 2. The van der Waals surface area contributed by atoms with Gasteiger partial charge in [0.1, 0.15) is 11.4 Å². The molecule has 0 bridgehead atoms. The SMILES string of the molecule is Cc1ccc(C(=O)O)c(NCc2cnc(C)s2)n1. The van der Waals surface area contributed by atoms with Crippen molar-refractivity contribution in [2.24, 2.45) is 0 Å². The van der Waals surface area contributed by atoms with Crippen molar-refractivity contribution in [1.29, 1.82) is 0 Å². The maximum absolute atomic E-state index is 11.1. The average Bonchev–Trinajstić information content (AvgIpc) is 2.72. The fraction of sp³-hybridized carbons (Fsp3) is 0.250. The summed E-state index contributed by atoms with van der Waals surface area (Å²) in [7, 11) is 0. The van der Waals surface area contributed by atoms with E-state index in [4.69, 9.17) is 5.11 Å². The first kappa shape index (κ1) is 12.5. The summed E-state index contributed by atoms with van der Waals surface area (Å²) >= 11 is 1.58. The maximum atomic E-state index is 11.1. The summed E-state index contributed by atoms with van der Waals surface area (Å²) in [6, 6.07) is 3.25. The third kappa shape index (κ3) is 2.84. The molecule has 0 atom stereocenters. The van der Waals surface area contributed by atoms with Crippen molar-refractivity contribution in [3.63, 3.8) is 0 Å². The molecular weight excluding hydrogens is 250 g/mol.